The van der Waals surface area contributed by atoms with E-state index in [2.05, 4.69) is 26.0 Å². The van der Waals surface area contributed by atoms with Crippen molar-refractivity contribution in [3.8, 4) is 0 Å². The zero-order valence-corrected chi connectivity index (χ0v) is 8.93. The second-order valence-corrected chi connectivity index (χ2v) is 3.63. The van der Waals surface area contributed by atoms with Crippen molar-refractivity contribution >= 4 is 17.7 Å². The molecule has 0 fully saturated rings. The van der Waals surface area contributed by atoms with Crippen molar-refractivity contribution < 1.29 is 0 Å². The second-order valence-electron chi connectivity index (χ2n) is 3.19. The van der Waals surface area contributed by atoms with Crippen LogP contribution in [0.2, 0.25) is 5.02 Å². The van der Waals surface area contributed by atoms with Crippen LogP contribution in [0.25, 0.3) is 6.08 Å². The lowest BCUT2D eigenvalue weighted by atomic mass is 10.1. The predicted molar refractivity (Wildman–Crippen MR) is 60.1 cm³/mol. The van der Waals surface area contributed by atoms with E-state index in [4.69, 9.17) is 11.6 Å². The van der Waals surface area contributed by atoms with Crippen LogP contribution in [-0.4, -0.2) is 0 Å². The summed E-state index contributed by atoms with van der Waals surface area (Å²) in [5.41, 5.74) is 2.50. The molecule has 0 spiro atoms. The van der Waals surface area contributed by atoms with E-state index in [-0.39, 0.29) is 0 Å². The summed E-state index contributed by atoms with van der Waals surface area (Å²) >= 11 is 5.90. The highest BCUT2D eigenvalue weighted by atomic mass is 35.5. The third-order valence-electron chi connectivity index (χ3n) is 1.99. The first-order chi connectivity index (χ1) is 6.24. The molecule has 0 heterocycles. The Kier molecular flexibility index (Phi) is 4.04. The summed E-state index contributed by atoms with van der Waals surface area (Å²) in [6.07, 6.45) is 6.66. The molecule has 70 valence electrons. The third-order valence-corrected chi connectivity index (χ3v) is 2.23. The van der Waals surface area contributed by atoms with Gasteiger partial charge in [-0.05, 0) is 36.6 Å². The fourth-order valence-corrected chi connectivity index (χ4v) is 1.35. The molecule has 0 aromatic heterocycles. The van der Waals surface area contributed by atoms with Crippen LogP contribution in [0, 0.1) is 6.92 Å². The number of hydrogen-bond acceptors (Lipinski definition) is 0. The fourth-order valence-electron chi connectivity index (χ4n) is 1.17. The molecule has 0 saturated carbocycles. The number of aryl methyl sites for hydroxylation is 1. The molecule has 0 atom stereocenters. The van der Waals surface area contributed by atoms with Gasteiger partial charge in [0.2, 0.25) is 0 Å². The van der Waals surface area contributed by atoms with Crippen molar-refractivity contribution in [2.45, 2.75) is 26.7 Å². The lowest BCUT2D eigenvalue weighted by Gasteiger charge is -2.00. The number of allylic oxidation sites excluding steroid dienone is 1. The maximum absolute atomic E-state index is 5.90. The average molecular weight is 195 g/mol. The third kappa shape index (κ3) is 3.23. The molecule has 0 aliphatic heterocycles. The first-order valence-corrected chi connectivity index (χ1v) is 5.04. The molecular formula is C12H15Cl. The molecule has 0 aliphatic carbocycles. The van der Waals surface area contributed by atoms with Gasteiger partial charge in [-0.25, -0.2) is 0 Å². The van der Waals surface area contributed by atoms with Crippen LogP contribution >= 0.6 is 11.6 Å². The van der Waals surface area contributed by atoms with Crippen LogP contribution < -0.4 is 0 Å². The first-order valence-electron chi connectivity index (χ1n) is 4.66. The lowest BCUT2D eigenvalue weighted by Crippen LogP contribution is -1.79. The number of rotatable bonds is 3. The highest BCUT2D eigenvalue weighted by Gasteiger charge is 1.94. The Morgan fingerprint density at radius 2 is 2.15 bits per heavy atom. The van der Waals surface area contributed by atoms with E-state index in [1.165, 1.54) is 17.5 Å². The first kappa shape index (κ1) is 10.3. The monoisotopic (exact) mass is 194 g/mol. The second kappa shape index (κ2) is 5.08. The van der Waals surface area contributed by atoms with Gasteiger partial charge >= 0.3 is 0 Å². The predicted octanol–water partition coefficient (Wildman–Crippen LogP) is 4.46. The Balaban J connectivity index is 2.81. The Bertz CT molecular complexity index is 300. The molecule has 0 N–H and O–H groups in total. The van der Waals surface area contributed by atoms with Gasteiger partial charge in [-0.2, -0.15) is 0 Å². The van der Waals surface area contributed by atoms with E-state index in [1.807, 2.05) is 18.2 Å². The normalized spacial score (nSPS) is 11.0. The molecule has 0 amide bonds. The van der Waals surface area contributed by atoms with Crippen molar-refractivity contribution in [1.82, 2.24) is 0 Å². The van der Waals surface area contributed by atoms with E-state index in [9.17, 15) is 0 Å². The maximum Gasteiger partial charge on any atom is 0.0412 e. The van der Waals surface area contributed by atoms with Gasteiger partial charge in [0.1, 0.15) is 0 Å². The molecule has 0 bridgehead atoms. The molecule has 0 nitrogen and oxygen atoms in total. The largest absolute Gasteiger partial charge is 0.0843 e. The van der Waals surface area contributed by atoms with E-state index in [1.54, 1.807) is 0 Å². The van der Waals surface area contributed by atoms with Crippen LogP contribution in [0.4, 0.5) is 0 Å². The van der Waals surface area contributed by atoms with Crippen molar-refractivity contribution in [2.24, 2.45) is 0 Å². The standard InChI is InChI=1S/C12H15Cl/c1-3-4-5-6-11-9-12(13)8-7-10(11)2/h5-9H,3-4H2,1-2H3/b6-5-. The minimum Gasteiger partial charge on any atom is -0.0843 e. The van der Waals surface area contributed by atoms with Crippen molar-refractivity contribution in [1.29, 1.82) is 0 Å². The minimum atomic E-state index is 0.807. The van der Waals surface area contributed by atoms with Crippen molar-refractivity contribution in [2.75, 3.05) is 0 Å². The van der Waals surface area contributed by atoms with E-state index in [0.717, 1.165) is 11.4 Å². The van der Waals surface area contributed by atoms with Gasteiger partial charge in [-0.1, -0.05) is 43.2 Å². The fraction of sp³-hybridized carbons (Fsp3) is 0.333. The van der Waals surface area contributed by atoms with Crippen LogP contribution in [0.1, 0.15) is 30.9 Å². The molecule has 1 aromatic rings. The van der Waals surface area contributed by atoms with Gasteiger partial charge in [0.25, 0.3) is 0 Å². The molecule has 0 radical (unpaired) electrons. The summed E-state index contributed by atoms with van der Waals surface area (Å²) in [4.78, 5) is 0. The Morgan fingerprint density at radius 3 is 2.85 bits per heavy atom. The Morgan fingerprint density at radius 1 is 1.38 bits per heavy atom. The molecule has 1 rings (SSSR count). The van der Waals surface area contributed by atoms with Gasteiger partial charge in [-0.3, -0.25) is 0 Å². The van der Waals surface area contributed by atoms with E-state index >= 15 is 0 Å². The van der Waals surface area contributed by atoms with E-state index < -0.39 is 0 Å². The average Bonchev–Trinajstić information content (AvgIpc) is 2.11. The zero-order valence-electron chi connectivity index (χ0n) is 8.18. The number of halogens is 1. The quantitative estimate of drug-likeness (QED) is 0.667. The van der Waals surface area contributed by atoms with Crippen molar-refractivity contribution in [3.05, 3.63) is 40.4 Å². The topological polar surface area (TPSA) is 0 Å². The Hall–Kier alpha value is -0.750. The lowest BCUT2D eigenvalue weighted by molar-refractivity contribution is 0.962. The van der Waals surface area contributed by atoms with Crippen molar-refractivity contribution in [3.63, 3.8) is 0 Å². The van der Waals surface area contributed by atoms with Gasteiger partial charge in [-0.15, -0.1) is 0 Å². The van der Waals surface area contributed by atoms with Crippen LogP contribution in [0.5, 0.6) is 0 Å². The number of benzene rings is 1. The van der Waals surface area contributed by atoms with Gasteiger partial charge in [0, 0.05) is 5.02 Å². The highest BCUT2D eigenvalue weighted by Crippen LogP contribution is 2.16. The van der Waals surface area contributed by atoms with Gasteiger partial charge < -0.3 is 0 Å². The summed E-state index contributed by atoms with van der Waals surface area (Å²) in [5, 5.41) is 0.807. The summed E-state index contributed by atoms with van der Waals surface area (Å²) in [5.74, 6) is 0. The SMILES string of the molecule is CCC/C=C\c1cc(Cl)ccc1C. The van der Waals surface area contributed by atoms with Crippen LogP contribution in [0.15, 0.2) is 24.3 Å². The number of hydrogen-bond donors (Lipinski definition) is 0. The summed E-state index contributed by atoms with van der Waals surface area (Å²) in [7, 11) is 0. The highest BCUT2D eigenvalue weighted by molar-refractivity contribution is 6.30. The molecule has 1 heteroatoms. The molecule has 13 heavy (non-hydrogen) atoms. The van der Waals surface area contributed by atoms with Crippen LogP contribution in [-0.2, 0) is 0 Å². The molecule has 1 aromatic carbocycles. The molecule has 0 saturated heterocycles. The molecular weight excluding hydrogens is 180 g/mol. The smallest absolute Gasteiger partial charge is 0.0412 e. The maximum atomic E-state index is 5.90. The Labute approximate surface area is 85.2 Å². The van der Waals surface area contributed by atoms with Gasteiger partial charge in [0.15, 0.2) is 0 Å². The summed E-state index contributed by atoms with van der Waals surface area (Å²) in [6, 6.07) is 5.98. The summed E-state index contributed by atoms with van der Waals surface area (Å²) in [6.45, 7) is 4.27. The molecule has 0 aliphatic rings. The molecule has 0 unspecified atom stereocenters. The van der Waals surface area contributed by atoms with Crippen LogP contribution in [0.3, 0.4) is 0 Å². The minimum absolute atomic E-state index is 0.807. The summed E-state index contributed by atoms with van der Waals surface area (Å²) < 4.78 is 0. The zero-order chi connectivity index (χ0) is 9.68. The van der Waals surface area contributed by atoms with Gasteiger partial charge in [0.05, 0.1) is 0 Å². The van der Waals surface area contributed by atoms with E-state index in [0.29, 0.717) is 0 Å². The number of unbranched alkanes of at least 4 members (excludes halogenated alkanes) is 1.